The lowest BCUT2D eigenvalue weighted by Crippen LogP contribution is -2.56. The number of benzene rings is 2. The first-order valence-corrected chi connectivity index (χ1v) is 11.1. The molecule has 2 atom stereocenters. The van der Waals surface area contributed by atoms with Gasteiger partial charge in [-0.05, 0) is 29.8 Å². The molecule has 0 radical (unpaired) electrons. The predicted octanol–water partition coefficient (Wildman–Crippen LogP) is 1.25. The smallest absolute Gasteiger partial charge is 0.266 e. The SMILES string of the molecule is C=CC[C@]1(C(=O)NNC(CO)CO)N=C(c2ccc(OCCCO)cc2)O[C@H]1c1ccccc1. The van der Waals surface area contributed by atoms with Gasteiger partial charge in [0.15, 0.2) is 11.6 Å². The van der Waals surface area contributed by atoms with Crippen LogP contribution in [0.15, 0.2) is 72.2 Å². The zero-order valence-corrected chi connectivity index (χ0v) is 18.9. The summed E-state index contributed by atoms with van der Waals surface area (Å²) in [6.07, 6.45) is 1.61. The standard InChI is InChI=1S/C25H31N3O6/c1-2-13-25(24(32)28-27-20(16-30)17-31)22(18-7-4-3-5-8-18)34-23(26-25)19-9-11-21(12-10-19)33-15-6-14-29/h2-5,7-12,20,22,27,29-31H,1,6,13-17H2,(H,28,32)/t22-,25-/m0/s1. The lowest BCUT2D eigenvalue weighted by Gasteiger charge is -2.30. The van der Waals surface area contributed by atoms with Gasteiger partial charge in [0.2, 0.25) is 5.90 Å². The summed E-state index contributed by atoms with van der Waals surface area (Å²) in [6.45, 7) is 3.56. The molecule has 0 aromatic heterocycles. The van der Waals surface area contributed by atoms with Crippen molar-refractivity contribution in [1.82, 2.24) is 10.9 Å². The second-order valence-corrected chi connectivity index (χ2v) is 7.85. The van der Waals surface area contributed by atoms with E-state index in [2.05, 4.69) is 17.4 Å². The Kier molecular flexibility index (Phi) is 9.17. The second-order valence-electron chi connectivity index (χ2n) is 7.85. The second kappa shape index (κ2) is 12.3. The molecule has 1 aliphatic rings. The van der Waals surface area contributed by atoms with Crippen molar-refractivity contribution in [3.05, 3.63) is 78.4 Å². The van der Waals surface area contributed by atoms with Gasteiger partial charge >= 0.3 is 0 Å². The fourth-order valence-electron chi connectivity index (χ4n) is 3.59. The fraction of sp³-hybridized carbons (Fsp3) is 0.360. The summed E-state index contributed by atoms with van der Waals surface area (Å²) < 4.78 is 11.8. The first-order chi connectivity index (χ1) is 16.6. The van der Waals surface area contributed by atoms with Crippen LogP contribution in [0.5, 0.6) is 5.75 Å². The molecule has 1 heterocycles. The van der Waals surface area contributed by atoms with Crippen LogP contribution in [0.4, 0.5) is 0 Å². The summed E-state index contributed by atoms with van der Waals surface area (Å²) in [5.74, 6) is 0.467. The molecule has 0 saturated heterocycles. The molecule has 1 aliphatic heterocycles. The fourth-order valence-corrected chi connectivity index (χ4v) is 3.59. The van der Waals surface area contributed by atoms with Crippen LogP contribution in [0.1, 0.15) is 30.1 Å². The maximum atomic E-state index is 13.4. The minimum absolute atomic E-state index is 0.0588. The highest BCUT2D eigenvalue weighted by atomic mass is 16.5. The maximum Gasteiger partial charge on any atom is 0.266 e. The highest BCUT2D eigenvalue weighted by Crippen LogP contribution is 2.42. The Morgan fingerprint density at radius 1 is 1.15 bits per heavy atom. The minimum Gasteiger partial charge on any atom is -0.494 e. The number of aliphatic imine (C=N–C) groups is 1. The van der Waals surface area contributed by atoms with Crippen LogP contribution in [-0.4, -0.2) is 65.1 Å². The predicted molar refractivity (Wildman–Crippen MR) is 127 cm³/mol. The van der Waals surface area contributed by atoms with E-state index in [1.54, 1.807) is 30.3 Å². The molecule has 2 aromatic carbocycles. The minimum atomic E-state index is -1.36. The van der Waals surface area contributed by atoms with Gasteiger partial charge in [-0.15, -0.1) is 6.58 Å². The van der Waals surface area contributed by atoms with Crippen molar-refractivity contribution in [2.24, 2.45) is 4.99 Å². The topological polar surface area (TPSA) is 133 Å². The van der Waals surface area contributed by atoms with Gasteiger partial charge in [-0.3, -0.25) is 10.2 Å². The summed E-state index contributed by atoms with van der Waals surface area (Å²) in [6, 6.07) is 15.7. The summed E-state index contributed by atoms with van der Waals surface area (Å²) in [7, 11) is 0. The van der Waals surface area contributed by atoms with Crippen molar-refractivity contribution < 1.29 is 29.6 Å². The average molecular weight is 470 g/mol. The molecule has 182 valence electrons. The quantitative estimate of drug-likeness (QED) is 0.169. The van der Waals surface area contributed by atoms with E-state index in [1.807, 2.05) is 30.3 Å². The average Bonchev–Trinajstić information content (AvgIpc) is 3.26. The Balaban J connectivity index is 1.93. The Morgan fingerprint density at radius 2 is 1.85 bits per heavy atom. The van der Waals surface area contributed by atoms with Crippen molar-refractivity contribution in [2.75, 3.05) is 26.4 Å². The van der Waals surface area contributed by atoms with Gasteiger partial charge in [-0.2, -0.15) is 0 Å². The first kappa shape index (κ1) is 25.4. The number of carbonyl (C=O) groups is 1. The van der Waals surface area contributed by atoms with Crippen LogP contribution in [0.3, 0.4) is 0 Å². The van der Waals surface area contributed by atoms with E-state index in [0.717, 1.165) is 5.56 Å². The lowest BCUT2D eigenvalue weighted by atomic mass is 9.84. The highest BCUT2D eigenvalue weighted by Gasteiger charge is 2.52. The van der Waals surface area contributed by atoms with Crippen molar-refractivity contribution in [3.8, 4) is 5.75 Å². The summed E-state index contributed by atoms with van der Waals surface area (Å²) >= 11 is 0. The van der Waals surface area contributed by atoms with E-state index < -0.39 is 23.6 Å². The Morgan fingerprint density at radius 3 is 2.47 bits per heavy atom. The van der Waals surface area contributed by atoms with Gasteiger partial charge in [-0.25, -0.2) is 10.4 Å². The Bertz CT molecular complexity index is 962. The summed E-state index contributed by atoms with van der Waals surface area (Å²) in [5.41, 5.74) is 5.30. The number of ether oxygens (including phenoxy) is 2. The van der Waals surface area contributed by atoms with Gasteiger partial charge in [0.05, 0.1) is 25.9 Å². The molecule has 5 N–H and O–H groups in total. The summed E-state index contributed by atoms with van der Waals surface area (Å²) in [4.78, 5) is 18.2. The number of aliphatic hydroxyl groups excluding tert-OH is 3. The van der Waals surface area contributed by atoms with Crippen molar-refractivity contribution in [2.45, 2.75) is 30.5 Å². The summed E-state index contributed by atoms with van der Waals surface area (Å²) in [5, 5.41) is 27.5. The largest absolute Gasteiger partial charge is 0.494 e. The molecule has 0 aliphatic carbocycles. The molecule has 0 saturated carbocycles. The van der Waals surface area contributed by atoms with Crippen molar-refractivity contribution in [1.29, 1.82) is 0 Å². The molecule has 0 unspecified atom stereocenters. The maximum absolute atomic E-state index is 13.4. The lowest BCUT2D eigenvalue weighted by molar-refractivity contribution is -0.130. The number of amides is 1. The first-order valence-electron chi connectivity index (χ1n) is 11.1. The molecule has 2 aromatic rings. The van der Waals surface area contributed by atoms with Crippen molar-refractivity contribution in [3.63, 3.8) is 0 Å². The van der Waals surface area contributed by atoms with Gasteiger partial charge in [0, 0.05) is 25.0 Å². The number of rotatable bonds is 13. The van der Waals surface area contributed by atoms with Crippen LogP contribution in [-0.2, 0) is 9.53 Å². The zero-order valence-electron chi connectivity index (χ0n) is 18.9. The molecule has 9 heteroatoms. The van der Waals surface area contributed by atoms with E-state index in [4.69, 9.17) is 19.6 Å². The number of nitrogens with one attached hydrogen (secondary N) is 2. The van der Waals surface area contributed by atoms with E-state index in [9.17, 15) is 15.0 Å². The van der Waals surface area contributed by atoms with Gasteiger partial charge < -0.3 is 24.8 Å². The van der Waals surface area contributed by atoms with Crippen LogP contribution >= 0.6 is 0 Å². The molecule has 0 fully saturated rings. The van der Waals surface area contributed by atoms with Crippen LogP contribution in [0.2, 0.25) is 0 Å². The molecule has 0 bridgehead atoms. The number of aliphatic hydroxyl groups is 3. The number of hydrogen-bond acceptors (Lipinski definition) is 8. The molecular formula is C25H31N3O6. The monoisotopic (exact) mass is 469 g/mol. The molecular weight excluding hydrogens is 438 g/mol. The zero-order chi connectivity index (χ0) is 24.4. The third kappa shape index (κ3) is 5.81. The third-order valence-corrected chi connectivity index (χ3v) is 5.42. The Labute approximate surface area is 198 Å². The van der Waals surface area contributed by atoms with Gasteiger partial charge in [0.25, 0.3) is 5.91 Å². The molecule has 34 heavy (non-hydrogen) atoms. The van der Waals surface area contributed by atoms with E-state index >= 15 is 0 Å². The number of carbonyl (C=O) groups excluding carboxylic acids is 1. The normalized spacial score (nSPS) is 19.4. The van der Waals surface area contributed by atoms with Crippen molar-refractivity contribution >= 4 is 11.8 Å². The highest BCUT2D eigenvalue weighted by molar-refractivity contribution is 6.01. The number of nitrogens with zero attached hydrogens (tertiary/aromatic N) is 1. The van der Waals surface area contributed by atoms with Crippen LogP contribution in [0, 0.1) is 0 Å². The molecule has 0 spiro atoms. The Hall–Kier alpha value is -3.24. The van der Waals surface area contributed by atoms with Gasteiger partial charge in [0.1, 0.15) is 5.75 Å². The number of hydrogen-bond donors (Lipinski definition) is 5. The van der Waals surface area contributed by atoms with Gasteiger partial charge in [-0.1, -0.05) is 36.4 Å². The van der Waals surface area contributed by atoms with E-state index in [0.29, 0.717) is 30.2 Å². The van der Waals surface area contributed by atoms with E-state index in [-0.39, 0.29) is 26.2 Å². The molecule has 1 amide bonds. The molecule has 3 rings (SSSR count). The number of hydrazine groups is 1. The third-order valence-electron chi connectivity index (χ3n) is 5.42. The molecule has 9 nitrogen and oxygen atoms in total. The van der Waals surface area contributed by atoms with E-state index in [1.165, 1.54) is 0 Å². The van der Waals surface area contributed by atoms with Crippen LogP contribution in [0.25, 0.3) is 0 Å². The van der Waals surface area contributed by atoms with Crippen LogP contribution < -0.4 is 15.6 Å².